The van der Waals surface area contributed by atoms with Crippen LogP contribution < -0.4 is 0 Å². The number of hydrogen-bond acceptors (Lipinski definition) is 4. The number of rotatable bonds is 0. The molecule has 0 bridgehead atoms. The highest BCUT2D eigenvalue weighted by Gasteiger charge is 2.26. The SMILES string of the molecule is CC1=C2OCCOC2=C(C)C1.CC1=C2OCCOC2=C(C)C1. The van der Waals surface area contributed by atoms with Gasteiger partial charge in [0.15, 0.2) is 23.0 Å². The normalized spacial score (nSPS) is 23.1. The molecule has 22 heavy (non-hydrogen) atoms. The summed E-state index contributed by atoms with van der Waals surface area (Å²) in [7, 11) is 0. The Bertz CT molecular complexity index is 499. The van der Waals surface area contributed by atoms with E-state index in [0.717, 1.165) is 35.9 Å². The van der Waals surface area contributed by atoms with Crippen LogP contribution in [-0.4, -0.2) is 26.4 Å². The lowest BCUT2D eigenvalue weighted by Crippen LogP contribution is -2.13. The molecule has 4 nitrogen and oxygen atoms in total. The van der Waals surface area contributed by atoms with Crippen molar-refractivity contribution in [3.05, 3.63) is 45.3 Å². The molecule has 2 saturated heterocycles. The largest absolute Gasteiger partial charge is 0.486 e. The fraction of sp³-hybridized carbons (Fsp3) is 0.556. The van der Waals surface area contributed by atoms with Crippen LogP contribution >= 0.6 is 0 Å². The van der Waals surface area contributed by atoms with E-state index in [9.17, 15) is 0 Å². The third-order valence-corrected chi connectivity index (χ3v) is 4.18. The molecule has 120 valence electrons. The van der Waals surface area contributed by atoms with Crippen molar-refractivity contribution >= 4 is 0 Å². The highest BCUT2D eigenvalue weighted by molar-refractivity contribution is 5.40. The summed E-state index contributed by atoms with van der Waals surface area (Å²) < 4.78 is 21.9. The van der Waals surface area contributed by atoms with E-state index in [-0.39, 0.29) is 0 Å². The summed E-state index contributed by atoms with van der Waals surface area (Å²) in [5.41, 5.74) is 5.21. The second kappa shape index (κ2) is 6.11. The van der Waals surface area contributed by atoms with Crippen LogP contribution in [0.1, 0.15) is 40.5 Å². The molecular weight excluding hydrogens is 280 g/mol. The van der Waals surface area contributed by atoms with Gasteiger partial charge in [-0.3, -0.25) is 0 Å². The zero-order valence-corrected chi connectivity index (χ0v) is 13.9. The molecule has 4 heteroatoms. The van der Waals surface area contributed by atoms with Crippen molar-refractivity contribution in [2.75, 3.05) is 26.4 Å². The first kappa shape index (κ1) is 15.1. The third-order valence-electron chi connectivity index (χ3n) is 4.18. The molecule has 4 aliphatic rings. The second-order valence-corrected chi connectivity index (χ2v) is 6.19. The molecule has 2 aliphatic heterocycles. The van der Waals surface area contributed by atoms with Gasteiger partial charge in [-0.1, -0.05) is 0 Å². The third kappa shape index (κ3) is 2.74. The van der Waals surface area contributed by atoms with E-state index >= 15 is 0 Å². The van der Waals surface area contributed by atoms with Crippen molar-refractivity contribution in [2.24, 2.45) is 0 Å². The predicted molar refractivity (Wildman–Crippen MR) is 83.8 cm³/mol. The minimum atomic E-state index is 0.698. The van der Waals surface area contributed by atoms with Gasteiger partial charge in [0.05, 0.1) is 0 Å². The van der Waals surface area contributed by atoms with Crippen LogP contribution in [0.4, 0.5) is 0 Å². The molecule has 0 aromatic heterocycles. The Hall–Kier alpha value is -1.84. The van der Waals surface area contributed by atoms with Gasteiger partial charge < -0.3 is 18.9 Å². The minimum Gasteiger partial charge on any atom is -0.486 e. The number of hydrogen-bond donors (Lipinski definition) is 0. The van der Waals surface area contributed by atoms with Crippen molar-refractivity contribution in [3.63, 3.8) is 0 Å². The Labute approximate surface area is 132 Å². The molecule has 0 radical (unpaired) electrons. The summed E-state index contributed by atoms with van der Waals surface area (Å²) in [6.45, 7) is 11.2. The Kier molecular flexibility index (Phi) is 4.19. The number of fused-ring (bicyclic) bond motifs is 2. The lowest BCUT2D eigenvalue weighted by atomic mass is 10.2. The highest BCUT2D eigenvalue weighted by atomic mass is 16.6. The molecule has 0 unspecified atom stereocenters. The van der Waals surface area contributed by atoms with Crippen LogP contribution in [0.2, 0.25) is 0 Å². The first-order chi connectivity index (χ1) is 10.6. The molecule has 0 spiro atoms. The van der Waals surface area contributed by atoms with Gasteiger partial charge in [0.2, 0.25) is 0 Å². The van der Waals surface area contributed by atoms with E-state index in [1.165, 1.54) is 22.3 Å². The van der Waals surface area contributed by atoms with Crippen LogP contribution in [0.25, 0.3) is 0 Å². The summed E-state index contributed by atoms with van der Waals surface area (Å²) in [4.78, 5) is 0. The lowest BCUT2D eigenvalue weighted by Gasteiger charge is -2.19. The van der Waals surface area contributed by atoms with E-state index < -0.39 is 0 Å². The summed E-state index contributed by atoms with van der Waals surface area (Å²) in [5, 5.41) is 0. The maximum Gasteiger partial charge on any atom is 0.160 e. The molecule has 0 amide bonds. The Balaban J connectivity index is 0.000000131. The van der Waals surface area contributed by atoms with E-state index in [0.29, 0.717) is 26.4 Å². The van der Waals surface area contributed by atoms with Crippen molar-refractivity contribution < 1.29 is 18.9 Å². The van der Waals surface area contributed by atoms with E-state index in [4.69, 9.17) is 18.9 Å². The van der Waals surface area contributed by atoms with Crippen molar-refractivity contribution in [1.29, 1.82) is 0 Å². The average Bonchev–Trinajstić information content (AvgIpc) is 2.99. The Morgan fingerprint density at radius 1 is 0.455 bits per heavy atom. The van der Waals surface area contributed by atoms with E-state index in [1.54, 1.807) is 0 Å². The second-order valence-electron chi connectivity index (χ2n) is 6.19. The van der Waals surface area contributed by atoms with Gasteiger partial charge in [0.25, 0.3) is 0 Å². The monoisotopic (exact) mass is 304 g/mol. The maximum absolute atomic E-state index is 5.48. The average molecular weight is 304 g/mol. The first-order valence-corrected chi connectivity index (χ1v) is 7.89. The first-order valence-electron chi connectivity index (χ1n) is 7.89. The smallest absolute Gasteiger partial charge is 0.160 e. The molecule has 2 fully saturated rings. The van der Waals surface area contributed by atoms with Gasteiger partial charge in [-0.05, 0) is 62.8 Å². The van der Waals surface area contributed by atoms with Crippen molar-refractivity contribution in [1.82, 2.24) is 0 Å². The zero-order valence-electron chi connectivity index (χ0n) is 13.9. The van der Waals surface area contributed by atoms with Crippen LogP contribution in [0.5, 0.6) is 0 Å². The van der Waals surface area contributed by atoms with Gasteiger partial charge in [0, 0.05) is 0 Å². The number of allylic oxidation sites excluding steroid dienone is 4. The van der Waals surface area contributed by atoms with Gasteiger partial charge in [-0.2, -0.15) is 0 Å². The molecule has 0 atom stereocenters. The lowest BCUT2D eigenvalue weighted by molar-refractivity contribution is 0.0591. The fourth-order valence-electron chi connectivity index (χ4n) is 3.22. The topological polar surface area (TPSA) is 36.9 Å². The summed E-state index contributed by atoms with van der Waals surface area (Å²) in [5.74, 6) is 3.98. The van der Waals surface area contributed by atoms with Crippen LogP contribution in [0.3, 0.4) is 0 Å². The van der Waals surface area contributed by atoms with Gasteiger partial charge in [-0.25, -0.2) is 0 Å². The summed E-state index contributed by atoms with van der Waals surface area (Å²) in [6.07, 6.45) is 2.04. The van der Waals surface area contributed by atoms with Gasteiger partial charge >= 0.3 is 0 Å². The molecule has 0 aromatic carbocycles. The molecule has 4 rings (SSSR count). The van der Waals surface area contributed by atoms with Gasteiger partial charge in [-0.15, -0.1) is 0 Å². The standard InChI is InChI=1S/2C9H12O2/c2*1-6-5-7(2)9-8(6)10-3-4-11-9/h2*3-5H2,1-2H3. The predicted octanol–water partition coefficient (Wildman–Crippen LogP) is 3.97. The van der Waals surface area contributed by atoms with Crippen molar-refractivity contribution in [3.8, 4) is 0 Å². The van der Waals surface area contributed by atoms with Crippen LogP contribution in [-0.2, 0) is 18.9 Å². The Morgan fingerprint density at radius 2 is 0.682 bits per heavy atom. The fourth-order valence-corrected chi connectivity index (χ4v) is 3.22. The summed E-state index contributed by atoms with van der Waals surface area (Å²) in [6, 6.07) is 0. The highest BCUT2D eigenvalue weighted by Crippen LogP contribution is 2.35. The van der Waals surface area contributed by atoms with Gasteiger partial charge in [0.1, 0.15) is 26.4 Å². The molecule has 0 aromatic rings. The van der Waals surface area contributed by atoms with E-state index in [2.05, 4.69) is 27.7 Å². The van der Waals surface area contributed by atoms with Crippen LogP contribution in [0, 0.1) is 0 Å². The minimum absolute atomic E-state index is 0.698. The Morgan fingerprint density at radius 3 is 0.909 bits per heavy atom. The maximum atomic E-state index is 5.48. The van der Waals surface area contributed by atoms with Crippen molar-refractivity contribution in [2.45, 2.75) is 40.5 Å². The zero-order chi connectivity index (χ0) is 15.7. The number of ether oxygens (including phenoxy) is 4. The molecule has 0 saturated carbocycles. The summed E-state index contributed by atoms with van der Waals surface area (Å²) >= 11 is 0. The molecular formula is C18H24O4. The van der Waals surface area contributed by atoms with Crippen LogP contribution in [0.15, 0.2) is 45.3 Å². The quantitative estimate of drug-likeness (QED) is 0.678. The molecule has 0 N–H and O–H groups in total. The molecule has 2 heterocycles. The van der Waals surface area contributed by atoms with E-state index in [1.807, 2.05) is 0 Å². The molecule has 2 aliphatic carbocycles.